The minimum absolute atomic E-state index is 0.485. The van der Waals surface area contributed by atoms with Crippen LogP contribution in [0.5, 0.6) is 0 Å². The molecule has 1 unspecified atom stereocenters. The van der Waals surface area contributed by atoms with Crippen molar-refractivity contribution in [1.82, 2.24) is 14.9 Å². The van der Waals surface area contributed by atoms with Crippen LogP contribution in [-0.2, 0) is 12.8 Å². The number of fused-ring (bicyclic) bond motifs is 1. The Kier molecular flexibility index (Phi) is 10.8. The van der Waals surface area contributed by atoms with E-state index in [0.717, 1.165) is 25.3 Å². The molecule has 4 rings (SSSR count). The summed E-state index contributed by atoms with van der Waals surface area (Å²) in [6, 6.07) is 0.485. The second kappa shape index (κ2) is 14.3. The highest BCUT2D eigenvalue weighted by molar-refractivity contribution is 5.53. The summed E-state index contributed by atoms with van der Waals surface area (Å²) < 4.78 is 0. The molecule has 5 heteroatoms. The Bertz CT molecular complexity index is 713. The van der Waals surface area contributed by atoms with Gasteiger partial charge in [0.2, 0.25) is 5.95 Å². The minimum atomic E-state index is 0.485. The van der Waals surface area contributed by atoms with E-state index in [9.17, 15) is 0 Å². The van der Waals surface area contributed by atoms with Crippen molar-refractivity contribution in [1.29, 1.82) is 0 Å². The van der Waals surface area contributed by atoms with Crippen molar-refractivity contribution in [3.8, 4) is 0 Å². The minimum Gasteiger partial charge on any atom is -0.356 e. The number of piperidine rings is 1. The van der Waals surface area contributed by atoms with E-state index in [0.29, 0.717) is 6.04 Å². The monoisotopic (exact) mass is 469 g/mol. The molecule has 0 amide bonds. The van der Waals surface area contributed by atoms with E-state index in [2.05, 4.69) is 22.0 Å². The van der Waals surface area contributed by atoms with Gasteiger partial charge in [-0.25, -0.2) is 4.98 Å². The Morgan fingerprint density at radius 2 is 1.50 bits per heavy atom. The van der Waals surface area contributed by atoms with Crippen molar-refractivity contribution in [2.24, 2.45) is 0 Å². The fourth-order valence-corrected chi connectivity index (χ4v) is 6.21. The Morgan fingerprint density at radius 3 is 2.32 bits per heavy atom. The molecule has 2 saturated heterocycles. The molecule has 1 aromatic rings. The molecule has 2 fully saturated rings. The lowest BCUT2D eigenvalue weighted by atomic mass is 10.0. The number of likely N-dealkylation sites (tertiary alicyclic amines) is 1. The van der Waals surface area contributed by atoms with Crippen LogP contribution in [0, 0.1) is 0 Å². The average Bonchev–Trinajstić information content (AvgIpc) is 3.27. The molecular formula is C29H51N5. The van der Waals surface area contributed by atoms with Gasteiger partial charge in [-0.1, -0.05) is 64.7 Å². The summed E-state index contributed by atoms with van der Waals surface area (Å²) in [6.07, 6.45) is 23.8. The first-order valence-electron chi connectivity index (χ1n) is 15.0. The number of aromatic nitrogens is 2. The number of nitrogens with one attached hydrogen (secondary N) is 1. The molecular weight excluding hydrogens is 418 g/mol. The second-order valence-electron chi connectivity index (χ2n) is 11.2. The molecule has 0 spiro atoms. The molecule has 5 nitrogen and oxygen atoms in total. The molecule has 0 aromatic carbocycles. The third-order valence-corrected chi connectivity index (χ3v) is 8.23. The average molecular weight is 470 g/mol. The third kappa shape index (κ3) is 7.83. The maximum atomic E-state index is 5.21. The summed E-state index contributed by atoms with van der Waals surface area (Å²) in [5.74, 6) is 2.18. The van der Waals surface area contributed by atoms with Crippen LogP contribution in [-0.4, -0.2) is 53.6 Å². The molecule has 0 saturated carbocycles. The van der Waals surface area contributed by atoms with Crippen molar-refractivity contribution in [2.45, 2.75) is 129 Å². The van der Waals surface area contributed by atoms with Gasteiger partial charge < -0.3 is 15.1 Å². The number of hydrogen-bond donors (Lipinski definition) is 1. The standard InChI is InChI=1S/C29H51N5/c1-2-3-4-5-6-7-13-20-33-21-16-17-25(24-33)30-29-31-27-19-12-10-11-18-26(27)28(32-29)34-22-14-8-9-15-23-34/h25H,2-24H2,1H3,(H,30,31,32). The number of aryl methyl sites for hydroxylation is 1. The summed E-state index contributed by atoms with van der Waals surface area (Å²) in [4.78, 5) is 15.6. The van der Waals surface area contributed by atoms with Crippen molar-refractivity contribution < 1.29 is 0 Å². The molecule has 1 N–H and O–H groups in total. The van der Waals surface area contributed by atoms with Gasteiger partial charge in [-0.15, -0.1) is 0 Å². The number of anilines is 2. The predicted molar refractivity (Wildman–Crippen MR) is 145 cm³/mol. The quantitative estimate of drug-likeness (QED) is 0.287. The van der Waals surface area contributed by atoms with Crippen molar-refractivity contribution in [2.75, 3.05) is 42.9 Å². The zero-order chi connectivity index (χ0) is 23.4. The van der Waals surface area contributed by atoms with E-state index >= 15 is 0 Å². The third-order valence-electron chi connectivity index (χ3n) is 8.23. The maximum absolute atomic E-state index is 5.21. The van der Waals surface area contributed by atoms with Gasteiger partial charge in [-0.2, -0.15) is 4.98 Å². The van der Waals surface area contributed by atoms with Crippen LogP contribution in [0.25, 0.3) is 0 Å². The lowest BCUT2D eigenvalue weighted by molar-refractivity contribution is 0.211. The van der Waals surface area contributed by atoms with Crippen LogP contribution in [0.3, 0.4) is 0 Å². The van der Waals surface area contributed by atoms with Gasteiger partial charge in [0.25, 0.3) is 0 Å². The Morgan fingerprint density at radius 1 is 0.765 bits per heavy atom. The fraction of sp³-hybridized carbons (Fsp3) is 0.862. The van der Waals surface area contributed by atoms with E-state index in [4.69, 9.17) is 9.97 Å². The smallest absolute Gasteiger partial charge is 0.225 e. The van der Waals surface area contributed by atoms with E-state index < -0.39 is 0 Å². The molecule has 0 bridgehead atoms. The van der Waals surface area contributed by atoms with Crippen LogP contribution in [0.15, 0.2) is 0 Å². The topological polar surface area (TPSA) is 44.3 Å². The van der Waals surface area contributed by atoms with Gasteiger partial charge in [0.05, 0.1) is 5.69 Å². The lowest BCUT2D eigenvalue weighted by Crippen LogP contribution is -2.42. The van der Waals surface area contributed by atoms with Crippen LogP contribution in [0.4, 0.5) is 11.8 Å². The predicted octanol–water partition coefficient (Wildman–Crippen LogP) is 6.75. The van der Waals surface area contributed by atoms with Gasteiger partial charge >= 0.3 is 0 Å². The molecule has 3 heterocycles. The zero-order valence-electron chi connectivity index (χ0n) is 22.1. The van der Waals surface area contributed by atoms with Crippen LogP contribution >= 0.6 is 0 Å². The highest BCUT2D eigenvalue weighted by atomic mass is 15.3. The SMILES string of the molecule is CCCCCCCCCN1CCCC(Nc2nc3c(c(N4CCCCCC4)n2)CCCCC3)C1. The summed E-state index contributed by atoms with van der Waals surface area (Å²) in [5, 5.41) is 3.81. The van der Waals surface area contributed by atoms with Gasteiger partial charge in [0.1, 0.15) is 5.82 Å². The molecule has 2 aliphatic heterocycles. The van der Waals surface area contributed by atoms with E-state index in [1.54, 1.807) is 0 Å². The highest BCUT2D eigenvalue weighted by Gasteiger charge is 2.24. The zero-order valence-corrected chi connectivity index (χ0v) is 22.1. The van der Waals surface area contributed by atoms with Crippen LogP contribution in [0.2, 0.25) is 0 Å². The number of nitrogens with zero attached hydrogens (tertiary/aromatic N) is 4. The number of unbranched alkanes of at least 4 members (excludes halogenated alkanes) is 6. The fourth-order valence-electron chi connectivity index (χ4n) is 6.21. The lowest BCUT2D eigenvalue weighted by Gasteiger charge is -2.33. The molecule has 1 atom stereocenters. The maximum Gasteiger partial charge on any atom is 0.225 e. The largest absolute Gasteiger partial charge is 0.356 e. The summed E-state index contributed by atoms with van der Waals surface area (Å²) in [7, 11) is 0. The van der Waals surface area contributed by atoms with Crippen LogP contribution in [0.1, 0.15) is 121 Å². The summed E-state index contributed by atoms with van der Waals surface area (Å²) in [6.45, 7) is 8.30. The first-order valence-corrected chi connectivity index (χ1v) is 15.0. The van der Waals surface area contributed by atoms with E-state index in [1.165, 1.54) is 146 Å². The molecule has 1 aliphatic carbocycles. The Balaban J connectivity index is 1.35. The highest BCUT2D eigenvalue weighted by Crippen LogP contribution is 2.30. The molecule has 3 aliphatic rings. The Hall–Kier alpha value is -1.36. The van der Waals surface area contributed by atoms with Gasteiger partial charge in [0, 0.05) is 31.2 Å². The van der Waals surface area contributed by atoms with Crippen molar-refractivity contribution in [3.63, 3.8) is 0 Å². The van der Waals surface area contributed by atoms with E-state index in [1.807, 2.05) is 0 Å². The molecule has 0 radical (unpaired) electrons. The normalized spacial score (nSPS) is 22.1. The first-order chi connectivity index (χ1) is 16.8. The number of hydrogen-bond acceptors (Lipinski definition) is 5. The Labute approximate surface area is 209 Å². The van der Waals surface area contributed by atoms with E-state index in [-0.39, 0.29) is 0 Å². The molecule has 1 aromatic heterocycles. The summed E-state index contributed by atoms with van der Waals surface area (Å²) >= 11 is 0. The first kappa shape index (κ1) is 25.7. The van der Waals surface area contributed by atoms with Crippen molar-refractivity contribution in [3.05, 3.63) is 11.3 Å². The molecule has 34 heavy (non-hydrogen) atoms. The van der Waals surface area contributed by atoms with Gasteiger partial charge in [-0.05, 0) is 70.9 Å². The molecule has 192 valence electrons. The number of rotatable bonds is 11. The van der Waals surface area contributed by atoms with Gasteiger partial charge in [0.15, 0.2) is 0 Å². The van der Waals surface area contributed by atoms with Crippen molar-refractivity contribution >= 4 is 11.8 Å². The second-order valence-corrected chi connectivity index (χ2v) is 11.2. The van der Waals surface area contributed by atoms with Gasteiger partial charge in [-0.3, -0.25) is 0 Å². The summed E-state index contributed by atoms with van der Waals surface area (Å²) in [5.41, 5.74) is 2.80. The van der Waals surface area contributed by atoms with Crippen LogP contribution < -0.4 is 10.2 Å².